The van der Waals surface area contributed by atoms with Crippen molar-refractivity contribution in [3.05, 3.63) is 34.9 Å². The number of hydrogen-bond acceptors (Lipinski definition) is 2. The Morgan fingerprint density at radius 1 is 1.21 bits per heavy atom. The number of aryl methyl sites for hydroxylation is 1. The van der Waals surface area contributed by atoms with Gasteiger partial charge in [-0.2, -0.15) is 0 Å². The molecule has 70 valence electrons. The van der Waals surface area contributed by atoms with Gasteiger partial charge in [0, 0.05) is 12.0 Å². The number of ketones is 2. The Labute approximate surface area is 81.9 Å². The van der Waals surface area contributed by atoms with E-state index in [9.17, 15) is 9.59 Å². The molecule has 2 nitrogen and oxygen atoms in total. The smallest absolute Gasteiger partial charge is 0.228 e. The Morgan fingerprint density at radius 2 is 2.07 bits per heavy atom. The number of hydrogen-bond donors (Lipinski definition) is 0. The fraction of sp³-hybridized carbons (Fsp3) is 0.333. The number of rotatable bonds is 0. The molecule has 14 heavy (non-hydrogen) atoms. The van der Waals surface area contributed by atoms with E-state index in [0.29, 0.717) is 17.9 Å². The number of carbonyl (C=O) groups excluding carboxylic acids is 2. The second-order valence-electron chi connectivity index (χ2n) is 4.07. The van der Waals surface area contributed by atoms with Gasteiger partial charge in [0.05, 0.1) is 0 Å². The van der Waals surface area contributed by atoms with E-state index in [1.807, 2.05) is 6.07 Å². The molecule has 0 aromatic heterocycles. The van der Waals surface area contributed by atoms with E-state index in [1.54, 1.807) is 6.07 Å². The van der Waals surface area contributed by atoms with E-state index >= 15 is 0 Å². The van der Waals surface area contributed by atoms with Gasteiger partial charge in [0.25, 0.3) is 0 Å². The first-order valence-electron chi connectivity index (χ1n) is 4.96. The summed E-state index contributed by atoms with van der Waals surface area (Å²) in [6.07, 6.45) is 2.49. The van der Waals surface area contributed by atoms with Crippen LogP contribution in [0.25, 0.3) is 0 Å². The zero-order valence-electron chi connectivity index (χ0n) is 7.75. The predicted octanol–water partition coefficient (Wildman–Crippen LogP) is 1.87. The van der Waals surface area contributed by atoms with Crippen LogP contribution >= 0.6 is 0 Å². The van der Waals surface area contributed by atoms with Gasteiger partial charge in [-0.1, -0.05) is 18.2 Å². The molecule has 1 unspecified atom stereocenters. The van der Waals surface area contributed by atoms with Gasteiger partial charge in [0.1, 0.15) is 0 Å². The Balaban J connectivity index is 2.29. The van der Waals surface area contributed by atoms with E-state index in [0.717, 1.165) is 18.4 Å². The van der Waals surface area contributed by atoms with Crippen LogP contribution in [0.5, 0.6) is 0 Å². The summed E-state index contributed by atoms with van der Waals surface area (Å²) in [6, 6.07) is 5.74. The summed E-state index contributed by atoms with van der Waals surface area (Å²) in [5.74, 6) is -0.159. The number of Topliss-reactive ketones (excluding diaryl/α,β-unsaturated/α-hetero) is 2. The lowest BCUT2D eigenvalue weighted by Gasteiger charge is -2.19. The van der Waals surface area contributed by atoms with Crippen LogP contribution in [0.15, 0.2) is 18.2 Å². The maximum absolute atomic E-state index is 11.6. The standard InChI is InChI=1S/C12H10O2/c13-10-6-8-5-4-7-2-1-3-9(11(7)8)12(10)14/h1-3,8H,4-6H2. The van der Waals surface area contributed by atoms with Gasteiger partial charge in [-0.3, -0.25) is 9.59 Å². The van der Waals surface area contributed by atoms with Gasteiger partial charge in [0.2, 0.25) is 11.6 Å². The summed E-state index contributed by atoms with van der Waals surface area (Å²) in [5, 5.41) is 0. The van der Waals surface area contributed by atoms with Gasteiger partial charge in [0.15, 0.2) is 0 Å². The summed E-state index contributed by atoms with van der Waals surface area (Å²) in [6.45, 7) is 0. The van der Waals surface area contributed by atoms with Crippen LogP contribution in [-0.4, -0.2) is 11.6 Å². The molecule has 3 rings (SSSR count). The maximum atomic E-state index is 11.6. The molecular weight excluding hydrogens is 176 g/mol. The Morgan fingerprint density at radius 3 is 2.93 bits per heavy atom. The van der Waals surface area contributed by atoms with Crippen LogP contribution in [-0.2, 0) is 11.2 Å². The summed E-state index contributed by atoms with van der Waals surface area (Å²) >= 11 is 0. The second-order valence-corrected chi connectivity index (χ2v) is 4.07. The molecule has 2 aliphatic carbocycles. The fourth-order valence-corrected chi connectivity index (χ4v) is 2.66. The van der Waals surface area contributed by atoms with Crippen molar-refractivity contribution in [3.63, 3.8) is 0 Å². The highest BCUT2D eigenvalue weighted by atomic mass is 16.2. The average molecular weight is 186 g/mol. The molecule has 0 saturated heterocycles. The summed E-state index contributed by atoms with van der Waals surface area (Å²) in [5.41, 5.74) is 3.10. The molecule has 0 amide bonds. The quantitative estimate of drug-likeness (QED) is 0.579. The fourth-order valence-electron chi connectivity index (χ4n) is 2.66. The SMILES string of the molecule is O=C1CC2CCc3cccc(c32)C1=O. The lowest BCUT2D eigenvalue weighted by atomic mass is 9.82. The summed E-state index contributed by atoms with van der Waals surface area (Å²) in [4.78, 5) is 23.0. The zero-order chi connectivity index (χ0) is 9.71. The second kappa shape index (κ2) is 2.53. The maximum Gasteiger partial charge on any atom is 0.228 e. The third kappa shape index (κ3) is 0.857. The molecule has 0 N–H and O–H groups in total. The van der Waals surface area contributed by atoms with Crippen LogP contribution in [0.4, 0.5) is 0 Å². The van der Waals surface area contributed by atoms with Crippen molar-refractivity contribution in [1.82, 2.24) is 0 Å². The van der Waals surface area contributed by atoms with Gasteiger partial charge >= 0.3 is 0 Å². The predicted molar refractivity (Wildman–Crippen MR) is 51.5 cm³/mol. The van der Waals surface area contributed by atoms with Crippen LogP contribution in [0.2, 0.25) is 0 Å². The van der Waals surface area contributed by atoms with E-state index in [4.69, 9.17) is 0 Å². The monoisotopic (exact) mass is 186 g/mol. The zero-order valence-corrected chi connectivity index (χ0v) is 7.75. The van der Waals surface area contributed by atoms with Crippen molar-refractivity contribution in [2.24, 2.45) is 0 Å². The highest BCUT2D eigenvalue weighted by molar-refractivity contribution is 6.45. The first kappa shape index (κ1) is 7.92. The topological polar surface area (TPSA) is 34.1 Å². The Hall–Kier alpha value is -1.44. The van der Waals surface area contributed by atoms with Crippen molar-refractivity contribution >= 4 is 11.6 Å². The largest absolute Gasteiger partial charge is 0.290 e. The normalized spacial score (nSPS) is 23.9. The molecule has 0 aliphatic heterocycles. The lowest BCUT2D eigenvalue weighted by molar-refractivity contribution is -0.115. The number of carbonyl (C=O) groups is 2. The third-order valence-corrected chi connectivity index (χ3v) is 3.30. The Kier molecular flexibility index (Phi) is 1.43. The minimum atomic E-state index is -0.278. The van der Waals surface area contributed by atoms with E-state index in [2.05, 4.69) is 6.07 Å². The van der Waals surface area contributed by atoms with Gasteiger partial charge in [-0.15, -0.1) is 0 Å². The van der Waals surface area contributed by atoms with Crippen molar-refractivity contribution in [2.75, 3.05) is 0 Å². The van der Waals surface area contributed by atoms with Crippen LogP contribution in [0.1, 0.15) is 40.2 Å². The third-order valence-electron chi connectivity index (χ3n) is 3.30. The van der Waals surface area contributed by atoms with E-state index < -0.39 is 0 Å². The van der Waals surface area contributed by atoms with Gasteiger partial charge < -0.3 is 0 Å². The molecule has 0 radical (unpaired) electrons. The van der Waals surface area contributed by atoms with Gasteiger partial charge in [-0.25, -0.2) is 0 Å². The molecule has 0 heterocycles. The van der Waals surface area contributed by atoms with Crippen LogP contribution < -0.4 is 0 Å². The van der Waals surface area contributed by atoms with E-state index in [1.165, 1.54) is 5.56 Å². The molecule has 2 heteroatoms. The highest BCUT2D eigenvalue weighted by Gasteiger charge is 2.36. The van der Waals surface area contributed by atoms with Crippen molar-refractivity contribution < 1.29 is 9.59 Å². The minimum Gasteiger partial charge on any atom is -0.290 e. The molecular formula is C12H10O2. The molecule has 2 aliphatic rings. The average Bonchev–Trinajstić information content (AvgIpc) is 2.59. The molecule has 1 aromatic rings. The molecule has 0 bridgehead atoms. The highest BCUT2D eigenvalue weighted by Crippen LogP contribution is 2.41. The molecule has 1 atom stereocenters. The van der Waals surface area contributed by atoms with Crippen molar-refractivity contribution in [1.29, 1.82) is 0 Å². The van der Waals surface area contributed by atoms with Crippen LogP contribution in [0.3, 0.4) is 0 Å². The van der Waals surface area contributed by atoms with Crippen molar-refractivity contribution in [2.45, 2.75) is 25.2 Å². The summed E-state index contributed by atoms with van der Waals surface area (Å²) in [7, 11) is 0. The minimum absolute atomic E-state index is 0.207. The summed E-state index contributed by atoms with van der Waals surface area (Å²) < 4.78 is 0. The van der Waals surface area contributed by atoms with E-state index in [-0.39, 0.29) is 11.6 Å². The molecule has 0 fully saturated rings. The first-order chi connectivity index (χ1) is 6.77. The van der Waals surface area contributed by atoms with Gasteiger partial charge in [-0.05, 0) is 29.9 Å². The molecule has 0 saturated carbocycles. The van der Waals surface area contributed by atoms with Crippen molar-refractivity contribution in [3.8, 4) is 0 Å². The lowest BCUT2D eigenvalue weighted by Crippen LogP contribution is -2.24. The first-order valence-corrected chi connectivity index (χ1v) is 4.96. The molecule has 1 aromatic carbocycles. The number of benzene rings is 1. The Bertz CT molecular complexity index is 446. The van der Waals surface area contributed by atoms with Crippen LogP contribution in [0, 0.1) is 0 Å². The molecule has 0 spiro atoms.